The number of hydrogen-bond donors (Lipinski definition) is 2. The smallest absolute Gasteiger partial charge is 0.191 e. The molecule has 0 saturated carbocycles. The minimum Gasteiger partial charge on any atom is -0.494 e. The Morgan fingerprint density at radius 3 is 2.47 bits per heavy atom. The van der Waals surface area contributed by atoms with Crippen molar-refractivity contribution in [3.8, 4) is 5.75 Å². The van der Waals surface area contributed by atoms with Crippen molar-refractivity contribution in [3.63, 3.8) is 0 Å². The van der Waals surface area contributed by atoms with Crippen LogP contribution in [0.5, 0.6) is 5.75 Å². The molecule has 2 aromatic carbocycles. The lowest BCUT2D eigenvalue weighted by atomic mass is 10.0. The van der Waals surface area contributed by atoms with Crippen LogP contribution in [0.1, 0.15) is 29.5 Å². The van der Waals surface area contributed by atoms with E-state index in [1.54, 1.807) is 38.4 Å². The topological polar surface area (TPSA) is 58.1 Å². The first-order valence-electron chi connectivity index (χ1n) is 10.8. The number of methoxy groups -OCH3 is 2. The number of ether oxygens (including phenoxy) is 2. The molecule has 0 spiro atoms. The number of nitrogens with zero attached hydrogens (tertiary/aromatic N) is 2. The normalized spacial score (nSPS) is 15.6. The second kappa shape index (κ2) is 11.8. The first-order chi connectivity index (χ1) is 15.5. The summed E-state index contributed by atoms with van der Waals surface area (Å²) in [5.74, 6) is 0.401. The third-order valence-electron chi connectivity index (χ3n) is 5.64. The highest BCUT2D eigenvalue weighted by Gasteiger charge is 2.20. The molecule has 0 amide bonds. The fourth-order valence-corrected chi connectivity index (χ4v) is 3.88. The molecule has 2 aromatic rings. The van der Waals surface area contributed by atoms with E-state index in [0.717, 1.165) is 49.6 Å². The van der Waals surface area contributed by atoms with E-state index in [9.17, 15) is 8.78 Å². The van der Waals surface area contributed by atoms with Gasteiger partial charge in [-0.05, 0) is 48.2 Å². The fourth-order valence-electron chi connectivity index (χ4n) is 3.88. The molecule has 0 atom stereocenters. The molecule has 2 N–H and O–H groups in total. The Bertz CT molecular complexity index is 915. The zero-order valence-electron chi connectivity index (χ0n) is 19.0. The minimum absolute atomic E-state index is 0.244. The quantitative estimate of drug-likeness (QED) is 0.481. The van der Waals surface area contributed by atoms with Gasteiger partial charge in [0.15, 0.2) is 17.5 Å². The Hall–Kier alpha value is -2.71. The summed E-state index contributed by atoms with van der Waals surface area (Å²) in [7, 11) is 4.76. The van der Waals surface area contributed by atoms with Gasteiger partial charge in [0.25, 0.3) is 0 Å². The molecule has 1 aliphatic rings. The molecule has 0 aliphatic carbocycles. The van der Waals surface area contributed by atoms with Gasteiger partial charge in [-0.25, -0.2) is 8.78 Å². The lowest BCUT2D eigenvalue weighted by Gasteiger charge is -2.33. The summed E-state index contributed by atoms with van der Waals surface area (Å²) in [6.07, 6.45) is 1.93. The zero-order chi connectivity index (χ0) is 22.9. The van der Waals surface area contributed by atoms with Crippen molar-refractivity contribution < 1.29 is 18.3 Å². The summed E-state index contributed by atoms with van der Waals surface area (Å²) in [5, 5.41) is 6.77. The van der Waals surface area contributed by atoms with Crippen LogP contribution in [0.4, 0.5) is 8.78 Å². The van der Waals surface area contributed by atoms with E-state index in [4.69, 9.17) is 9.47 Å². The highest BCUT2D eigenvalue weighted by atomic mass is 19.1. The number of hydrogen-bond acceptors (Lipinski definition) is 4. The van der Waals surface area contributed by atoms with Crippen molar-refractivity contribution in [2.24, 2.45) is 4.99 Å². The number of likely N-dealkylation sites (tertiary alicyclic amines) is 1. The third kappa shape index (κ3) is 6.64. The maximum Gasteiger partial charge on any atom is 0.191 e. The van der Waals surface area contributed by atoms with Crippen molar-refractivity contribution in [3.05, 3.63) is 64.7 Å². The lowest BCUT2D eigenvalue weighted by Crippen LogP contribution is -2.48. The number of guanidine groups is 1. The van der Waals surface area contributed by atoms with E-state index in [1.807, 2.05) is 6.07 Å². The largest absolute Gasteiger partial charge is 0.494 e. The van der Waals surface area contributed by atoms with Gasteiger partial charge < -0.3 is 20.1 Å². The van der Waals surface area contributed by atoms with Gasteiger partial charge in [0.2, 0.25) is 0 Å². The molecule has 0 unspecified atom stereocenters. The van der Waals surface area contributed by atoms with Crippen LogP contribution in [0, 0.1) is 11.6 Å². The molecule has 0 radical (unpaired) electrons. The van der Waals surface area contributed by atoms with Gasteiger partial charge in [-0.2, -0.15) is 0 Å². The highest BCUT2D eigenvalue weighted by molar-refractivity contribution is 5.79. The predicted octanol–water partition coefficient (Wildman–Crippen LogP) is 3.45. The summed E-state index contributed by atoms with van der Waals surface area (Å²) < 4.78 is 37.7. The van der Waals surface area contributed by atoms with E-state index in [1.165, 1.54) is 13.2 Å². The van der Waals surface area contributed by atoms with Crippen LogP contribution in [-0.4, -0.2) is 51.3 Å². The van der Waals surface area contributed by atoms with Crippen LogP contribution >= 0.6 is 0 Å². The average Bonchev–Trinajstić information content (AvgIpc) is 2.80. The molecule has 1 fully saturated rings. The fraction of sp³-hybridized carbons (Fsp3) is 0.458. The summed E-state index contributed by atoms with van der Waals surface area (Å²) in [6, 6.07) is 10.5. The van der Waals surface area contributed by atoms with E-state index in [-0.39, 0.29) is 24.0 Å². The zero-order valence-corrected chi connectivity index (χ0v) is 19.0. The molecule has 6 nitrogen and oxygen atoms in total. The number of rotatable bonds is 8. The molecule has 8 heteroatoms. The van der Waals surface area contributed by atoms with E-state index >= 15 is 0 Å². The SMILES string of the molecule is CN=C(NCc1ccc(F)c(COC)c1)NC1CCN(Cc2ccc(OC)c(F)c2)CC1. The summed E-state index contributed by atoms with van der Waals surface area (Å²) >= 11 is 0. The summed E-state index contributed by atoms with van der Waals surface area (Å²) in [4.78, 5) is 6.64. The van der Waals surface area contributed by atoms with Crippen LogP contribution in [0.3, 0.4) is 0 Å². The van der Waals surface area contributed by atoms with Crippen molar-refractivity contribution in [1.82, 2.24) is 15.5 Å². The second-order valence-electron chi connectivity index (χ2n) is 7.95. The monoisotopic (exact) mass is 446 g/mol. The predicted molar refractivity (Wildman–Crippen MR) is 122 cm³/mol. The summed E-state index contributed by atoms with van der Waals surface area (Å²) in [5.41, 5.74) is 2.45. The summed E-state index contributed by atoms with van der Waals surface area (Å²) in [6.45, 7) is 3.34. The van der Waals surface area contributed by atoms with E-state index in [2.05, 4.69) is 20.5 Å². The standard InChI is InChI=1S/C24H32F2N4O2/c1-27-24(28-14-17-4-6-21(25)19(12-17)16-31-2)29-20-8-10-30(11-9-20)15-18-5-7-23(32-3)22(26)13-18/h4-7,12-13,20H,8-11,14-16H2,1-3H3,(H2,27,28,29). The highest BCUT2D eigenvalue weighted by Crippen LogP contribution is 2.20. The molecule has 32 heavy (non-hydrogen) atoms. The number of benzene rings is 2. The Morgan fingerprint density at radius 1 is 1.06 bits per heavy atom. The van der Waals surface area contributed by atoms with Crippen LogP contribution < -0.4 is 15.4 Å². The van der Waals surface area contributed by atoms with Crippen molar-refractivity contribution in [2.75, 3.05) is 34.4 Å². The average molecular weight is 447 g/mol. The first kappa shape index (κ1) is 23.9. The Morgan fingerprint density at radius 2 is 1.81 bits per heavy atom. The van der Waals surface area contributed by atoms with Crippen LogP contribution in [0.2, 0.25) is 0 Å². The van der Waals surface area contributed by atoms with Crippen LogP contribution in [-0.2, 0) is 24.4 Å². The lowest BCUT2D eigenvalue weighted by molar-refractivity contribution is 0.181. The van der Waals surface area contributed by atoms with Crippen LogP contribution in [0.25, 0.3) is 0 Å². The number of halogens is 2. The van der Waals surface area contributed by atoms with Gasteiger partial charge in [0.1, 0.15) is 5.82 Å². The molecule has 1 aliphatic heterocycles. The Kier molecular flexibility index (Phi) is 8.81. The van der Waals surface area contributed by atoms with Gasteiger partial charge in [-0.3, -0.25) is 9.89 Å². The van der Waals surface area contributed by atoms with E-state index in [0.29, 0.717) is 18.2 Å². The van der Waals surface area contributed by atoms with Gasteiger partial charge in [0, 0.05) is 51.9 Å². The number of aliphatic imine (C=N–C) groups is 1. The van der Waals surface area contributed by atoms with Crippen molar-refractivity contribution in [2.45, 2.75) is 38.6 Å². The first-order valence-corrected chi connectivity index (χ1v) is 10.8. The van der Waals surface area contributed by atoms with Crippen molar-refractivity contribution >= 4 is 5.96 Å². The molecule has 174 valence electrons. The van der Waals surface area contributed by atoms with Gasteiger partial charge in [-0.15, -0.1) is 0 Å². The number of nitrogens with one attached hydrogen (secondary N) is 2. The molecule has 0 aromatic heterocycles. The Balaban J connectivity index is 1.45. The van der Waals surface area contributed by atoms with Gasteiger partial charge in [0.05, 0.1) is 13.7 Å². The van der Waals surface area contributed by atoms with Crippen LogP contribution in [0.15, 0.2) is 41.4 Å². The van der Waals surface area contributed by atoms with Crippen molar-refractivity contribution in [1.29, 1.82) is 0 Å². The molecule has 1 heterocycles. The molecular formula is C24H32F2N4O2. The minimum atomic E-state index is -0.327. The maximum absolute atomic E-state index is 13.9. The molecule has 1 saturated heterocycles. The molecular weight excluding hydrogens is 414 g/mol. The third-order valence-corrected chi connectivity index (χ3v) is 5.64. The number of piperidine rings is 1. The molecule has 3 rings (SSSR count). The van der Waals surface area contributed by atoms with E-state index < -0.39 is 0 Å². The maximum atomic E-state index is 13.9. The van der Waals surface area contributed by atoms with Gasteiger partial charge >= 0.3 is 0 Å². The molecule has 0 bridgehead atoms. The Labute approximate surface area is 188 Å². The second-order valence-corrected chi connectivity index (χ2v) is 7.95. The van der Waals surface area contributed by atoms with Gasteiger partial charge in [-0.1, -0.05) is 12.1 Å².